The Kier molecular flexibility index (Phi) is 5.51. The summed E-state index contributed by atoms with van der Waals surface area (Å²) in [6, 6.07) is 14.2. The first-order chi connectivity index (χ1) is 10.2. The van der Waals surface area contributed by atoms with Crippen molar-refractivity contribution >= 4 is 0 Å². The van der Waals surface area contributed by atoms with E-state index in [0.717, 1.165) is 30.0 Å². The molecule has 0 aliphatic heterocycles. The van der Waals surface area contributed by atoms with E-state index < -0.39 is 0 Å². The molecule has 3 heteroatoms. The van der Waals surface area contributed by atoms with Gasteiger partial charge in [0.15, 0.2) is 0 Å². The molecule has 0 saturated carbocycles. The molecule has 0 aliphatic rings. The summed E-state index contributed by atoms with van der Waals surface area (Å²) >= 11 is 0. The van der Waals surface area contributed by atoms with Crippen LogP contribution in [-0.4, -0.2) is 28.6 Å². The van der Waals surface area contributed by atoms with Crippen LogP contribution in [0.15, 0.2) is 42.5 Å². The fourth-order valence-corrected chi connectivity index (χ4v) is 2.22. The van der Waals surface area contributed by atoms with Gasteiger partial charge in [-0.3, -0.25) is 9.88 Å². The Morgan fingerprint density at radius 3 is 2.71 bits per heavy atom. The van der Waals surface area contributed by atoms with E-state index in [-0.39, 0.29) is 6.61 Å². The Balaban J connectivity index is 2.00. The van der Waals surface area contributed by atoms with Gasteiger partial charge in [0.1, 0.15) is 6.61 Å². The Morgan fingerprint density at radius 1 is 1.14 bits per heavy atom. The molecule has 0 bridgehead atoms. The molecule has 0 atom stereocenters. The zero-order valence-corrected chi connectivity index (χ0v) is 12.5. The lowest BCUT2D eigenvalue weighted by atomic mass is 10.1. The van der Waals surface area contributed by atoms with E-state index >= 15 is 0 Å². The van der Waals surface area contributed by atoms with Crippen LogP contribution < -0.4 is 0 Å². The van der Waals surface area contributed by atoms with Crippen LogP contribution in [0.1, 0.15) is 22.5 Å². The number of benzene rings is 1. The van der Waals surface area contributed by atoms with Crippen molar-refractivity contribution in [2.45, 2.75) is 20.0 Å². The fraction of sp³-hybridized carbons (Fsp3) is 0.278. The zero-order chi connectivity index (χ0) is 15.1. The lowest BCUT2D eigenvalue weighted by Gasteiger charge is -2.16. The molecule has 1 aromatic carbocycles. The monoisotopic (exact) mass is 280 g/mol. The highest BCUT2D eigenvalue weighted by atomic mass is 16.2. The van der Waals surface area contributed by atoms with Gasteiger partial charge in [-0.25, -0.2) is 0 Å². The highest BCUT2D eigenvalue weighted by Gasteiger charge is 2.03. The molecule has 21 heavy (non-hydrogen) atoms. The summed E-state index contributed by atoms with van der Waals surface area (Å²) in [5.41, 5.74) is 4.26. The van der Waals surface area contributed by atoms with Crippen LogP contribution in [0.25, 0.3) is 0 Å². The van der Waals surface area contributed by atoms with Gasteiger partial charge in [0.25, 0.3) is 0 Å². The summed E-state index contributed by atoms with van der Waals surface area (Å²) in [6.07, 6.45) is 0. The van der Waals surface area contributed by atoms with Gasteiger partial charge >= 0.3 is 0 Å². The van der Waals surface area contributed by atoms with Gasteiger partial charge in [-0.1, -0.05) is 30.0 Å². The van der Waals surface area contributed by atoms with Gasteiger partial charge < -0.3 is 5.11 Å². The molecule has 2 rings (SSSR count). The molecule has 1 aromatic heterocycles. The molecular formula is C18H20N2O. The predicted molar refractivity (Wildman–Crippen MR) is 84.6 cm³/mol. The Hall–Kier alpha value is -2.15. The van der Waals surface area contributed by atoms with Crippen molar-refractivity contribution in [3.63, 3.8) is 0 Å². The molecule has 108 valence electrons. The summed E-state index contributed by atoms with van der Waals surface area (Å²) < 4.78 is 0. The van der Waals surface area contributed by atoms with Crippen molar-refractivity contribution in [3.05, 3.63) is 65.0 Å². The van der Waals surface area contributed by atoms with Crippen molar-refractivity contribution in [2.24, 2.45) is 0 Å². The van der Waals surface area contributed by atoms with Gasteiger partial charge in [-0.05, 0) is 43.8 Å². The summed E-state index contributed by atoms with van der Waals surface area (Å²) in [5.74, 6) is 5.61. The second-order valence-corrected chi connectivity index (χ2v) is 5.10. The van der Waals surface area contributed by atoms with Crippen molar-refractivity contribution in [1.82, 2.24) is 9.88 Å². The molecule has 0 amide bonds. The fourth-order valence-electron chi connectivity index (χ4n) is 2.22. The quantitative estimate of drug-likeness (QED) is 0.874. The maximum Gasteiger partial charge on any atom is 0.104 e. The Bertz CT molecular complexity index is 656. The van der Waals surface area contributed by atoms with E-state index in [2.05, 4.69) is 40.9 Å². The zero-order valence-electron chi connectivity index (χ0n) is 12.5. The number of nitrogens with zero attached hydrogens (tertiary/aromatic N) is 2. The molecule has 3 nitrogen and oxygen atoms in total. The van der Waals surface area contributed by atoms with Gasteiger partial charge in [-0.15, -0.1) is 0 Å². The molecule has 0 radical (unpaired) electrons. The second-order valence-electron chi connectivity index (χ2n) is 5.10. The summed E-state index contributed by atoms with van der Waals surface area (Å²) in [6.45, 7) is 3.55. The predicted octanol–water partition coefficient (Wildman–Crippen LogP) is 2.37. The van der Waals surface area contributed by atoms with Crippen LogP contribution >= 0.6 is 0 Å². The first kappa shape index (κ1) is 15.2. The van der Waals surface area contributed by atoms with Crippen LogP contribution in [0.4, 0.5) is 0 Å². The minimum absolute atomic E-state index is 0.108. The van der Waals surface area contributed by atoms with Crippen molar-refractivity contribution in [3.8, 4) is 11.8 Å². The SMILES string of the molecule is Cc1cccc(CN(C)Cc2cccc(C#CCO)c2)n1. The van der Waals surface area contributed by atoms with Crippen molar-refractivity contribution in [2.75, 3.05) is 13.7 Å². The van der Waals surface area contributed by atoms with Crippen LogP contribution in [-0.2, 0) is 13.1 Å². The number of hydrogen-bond acceptors (Lipinski definition) is 3. The molecule has 0 spiro atoms. The van der Waals surface area contributed by atoms with E-state index in [9.17, 15) is 0 Å². The number of aromatic nitrogens is 1. The Labute approximate surface area is 126 Å². The first-order valence-electron chi connectivity index (χ1n) is 6.97. The number of aliphatic hydroxyl groups is 1. The largest absolute Gasteiger partial charge is 0.384 e. The standard InChI is InChI=1S/C18H20N2O/c1-15-6-3-10-18(19-15)14-20(2)13-17-8-4-7-16(12-17)9-5-11-21/h3-4,6-8,10,12,21H,11,13-14H2,1-2H3. The molecule has 0 aliphatic carbocycles. The molecular weight excluding hydrogens is 260 g/mol. The lowest BCUT2D eigenvalue weighted by molar-refractivity contribution is 0.315. The van der Waals surface area contributed by atoms with Crippen molar-refractivity contribution in [1.29, 1.82) is 0 Å². The van der Waals surface area contributed by atoms with Crippen LogP contribution in [0.2, 0.25) is 0 Å². The van der Waals surface area contributed by atoms with Crippen molar-refractivity contribution < 1.29 is 5.11 Å². The normalized spacial score (nSPS) is 10.3. The van der Waals surface area contributed by atoms with Gasteiger partial charge in [0.2, 0.25) is 0 Å². The number of aliphatic hydroxyl groups excluding tert-OH is 1. The summed E-state index contributed by atoms with van der Waals surface area (Å²) in [4.78, 5) is 6.74. The molecule has 2 aromatic rings. The van der Waals surface area contributed by atoms with Crippen LogP contribution in [0.5, 0.6) is 0 Å². The van der Waals surface area contributed by atoms with E-state index in [1.165, 1.54) is 5.56 Å². The third kappa shape index (κ3) is 5.03. The highest BCUT2D eigenvalue weighted by Crippen LogP contribution is 2.09. The maximum atomic E-state index is 8.74. The molecule has 1 heterocycles. The third-order valence-electron chi connectivity index (χ3n) is 3.07. The maximum absolute atomic E-state index is 8.74. The minimum atomic E-state index is -0.108. The number of hydrogen-bond donors (Lipinski definition) is 1. The summed E-state index contributed by atoms with van der Waals surface area (Å²) in [5, 5.41) is 8.74. The van der Waals surface area contributed by atoms with E-state index in [4.69, 9.17) is 5.11 Å². The van der Waals surface area contributed by atoms with Crippen LogP contribution in [0.3, 0.4) is 0 Å². The van der Waals surface area contributed by atoms with E-state index in [1.54, 1.807) is 0 Å². The third-order valence-corrected chi connectivity index (χ3v) is 3.07. The van der Waals surface area contributed by atoms with Gasteiger partial charge in [0, 0.05) is 24.3 Å². The summed E-state index contributed by atoms with van der Waals surface area (Å²) in [7, 11) is 2.08. The topological polar surface area (TPSA) is 36.4 Å². The average Bonchev–Trinajstić information content (AvgIpc) is 2.45. The van der Waals surface area contributed by atoms with Gasteiger partial charge in [-0.2, -0.15) is 0 Å². The molecule has 0 fully saturated rings. The first-order valence-corrected chi connectivity index (χ1v) is 6.97. The van der Waals surface area contributed by atoms with Crippen LogP contribution in [0, 0.1) is 18.8 Å². The minimum Gasteiger partial charge on any atom is -0.384 e. The number of pyridine rings is 1. The number of aryl methyl sites for hydroxylation is 1. The molecule has 0 saturated heterocycles. The highest BCUT2D eigenvalue weighted by molar-refractivity contribution is 5.37. The average molecular weight is 280 g/mol. The second kappa shape index (κ2) is 7.58. The van der Waals surface area contributed by atoms with E-state index in [1.807, 2.05) is 37.3 Å². The van der Waals surface area contributed by atoms with Gasteiger partial charge in [0.05, 0.1) is 5.69 Å². The Morgan fingerprint density at radius 2 is 1.95 bits per heavy atom. The number of rotatable bonds is 4. The smallest absolute Gasteiger partial charge is 0.104 e. The molecule has 1 N–H and O–H groups in total. The lowest BCUT2D eigenvalue weighted by Crippen LogP contribution is -2.18. The molecule has 0 unspecified atom stereocenters. The van der Waals surface area contributed by atoms with E-state index in [0.29, 0.717) is 0 Å².